The van der Waals surface area contributed by atoms with Gasteiger partial charge in [-0.05, 0) is 32.1 Å². The Hall–Kier alpha value is -1.85. The normalized spacial score (nSPS) is 22.4. The predicted octanol–water partition coefficient (Wildman–Crippen LogP) is 2.00. The molecular formula is C14H20N2O4. The number of hydrogen-bond acceptors (Lipinski definition) is 4. The number of aryl methyl sites for hydroxylation is 1. The van der Waals surface area contributed by atoms with Gasteiger partial charge < -0.3 is 14.9 Å². The summed E-state index contributed by atoms with van der Waals surface area (Å²) in [5.74, 6) is -0.538. The van der Waals surface area contributed by atoms with Crippen LogP contribution >= 0.6 is 0 Å². The van der Waals surface area contributed by atoms with Gasteiger partial charge in [0.15, 0.2) is 5.69 Å². The fraction of sp³-hybridized carbons (Fsp3) is 0.643. The molecule has 1 aliphatic carbocycles. The van der Waals surface area contributed by atoms with E-state index in [4.69, 9.17) is 9.63 Å². The number of amides is 1. The standard InChI is InChI=1S/C14H20N2O4/c1-2-3-11-8-12(16-20-11)13(17)15-10-6-4-9(5-7-10)14(18)19/h8-10H,2-7H2,1H3,(H,15,17)(H,18,19). The summed E-state index contributed by atoms with van der Waals surface area (Å²) >= 11 is 0. The van der Waals surface area contributed by atoms with Crippen LogP contribution in [0.5, 0.6) is 0 Å². The van der Waals surface area contributed by atoms with Crippen LogP contribution < -0.4 is 5.32 Å². The third kappa shape index (κ3) is 3.59. The van der Waals surface area contributed by atoms with Crippen LogP contribution in [0.2, 0.25) is 0 Å². The number of rotatable bonds is 5. The lowest BCUT2D eigenvalue weighted by atomic mass is 9.86. The minimum Gasteiger partial charge on any atom is -0.481 e. The van der Waals surface area contributed by atoms with Crippen molar-refractivity contribution in [3.05, 3.63) is 17.5 Å². The molecule has 2 rings (SSSR count). The molecule has 6 heteroatoms. The van der Waals surface area contributed by atoms with E-state index in [9.17, 15) is 9.59 Å². The lowest BCUT2D eigenvalue weighted by Gasteiger charge is -2.26. The van der Waals surface area contributed by atoms with Crippen LogP contribution in [-0.4, -0.2) is 28.2 Å². The Morgan fingerprint density at radius 2 is 2.10 bits per heavy atom. The summed E-state index contributed by atoms with van der Waals surface area (Å²) in [7, 11) is 0. The molecule has 1 fully saturated rings. The number of carboxylic acids is 1. The fourth-order valence-corrected chi connectivity index (χ4v) is 2.53. The Labute approximate surface area is 117 Å². The van der Waals surface area contributed by atoms with Crippen LogP contribution in [0, 0.1) is 5.92 Å². The summed E-state index contributed by atoms with van der Waals surface area (Å²) in [6.07, 6.45) is 4.32. The highest BCUT2D eigenvalue weighted by Crippen LogP contribution is 2.24. The van der Waals surface area contributed by atoms with E-state index in [2.05, 4.69) is 10.5 Å². The van der Waals surface area contributed by atoms with Gasteiger partial charge in [0.25, 0.3) is 5.91 Å². The average molecular weight is 280 g/mol. The fourth-order valence-electron chi connectivity index (χ4n) is 2.53. The highest BCUT2D eigenvalue weighted by Gasteiger charge is 2.27. The maximum Gasteiger partial charge on any atom is 0.306 e. The van der Waals surface area contributed by atoms with Gasteiger partial charge in [-0.25, -0.2) is 0 Å². The van der Waals surface area contributed by atoms with Gasteiger partial charge in [0.1, 0.15) is 5.76 Å². The van der Waals surface area contributed by atoms with Crippen molar-refractivity contribution in [3.63, 3.8) is 0 Å². The van der Waals surface area contributed by atoms with Crippen LogP contribution in [0.1, 0.15) is 55.3 Å². The van der Waals surface area contributed by atoms with Gasteiger partial charge in [-0.1, -0.05) is 12.1 Å². The topological polar surface area (TPSA) is 92.4 Å². The van der Waals surface area contributed by atoms with Crippen LogP contribution in [0.4, 0.5) is 0 Å². The molecule has 110 valence electrons. The molecule has 0 bridgehead atoms. The van der Waals surface area contributed by atoms with Crippen LogP contribution in [-0.2, 0) is 11.2 Å². The first-order chi connectivity index (χ1) is 9.60. The first-order valence-corrected chi connectivity index (χ1v) is 7.09. The minimum absolute atomic E-state index is 0.0319. The number of aliphatic carboxylic acids is 1. The SMILES string of the molecule is CCCc1cc(C(=O)NC2CCC(C(=O)O)CC2)no1. The Morgan fingerprint density at radius 1 is 1.40 bits per heavy atom. The molecule has 1 heterocycles. The molecule has 0 aliphatic heterocycles. The van der Waals surface area contributed by atoms with Crippen molar-refractivity contribution in [1.82, 2.24) is 10.5 Å². The lowest BCUT2D eigenvalue weighted by Crippen LogP contribution is -2.38. The highest BCUT2D eigenvalue weighted by atomic mass is 16.5. The number of nitrogens with zero attached hydrogens (tertiary/aromatic N) is 1. The number of nitrogens with one attached hydrogen (secondary N) is 1. The molecule has 0 saturated heterocycles. The van der Waals surface area contributed by atoms with Crippen LogP contribution in [0.15, 0.2) is 10.6 Å². The average Bonchev–Trinajstić information content (AvgIpc) is 2.88. The molecule has 6 nitrogen and oxygen atoms in total. The highest BCUT2D eigenvalue weighted by molar-refractivity contribution is 5.92. The third-order valence-electron chi connectivity index (χ3n) is 3.70. The number of carbonyl (C=O) groups is 2. The number of aromatic nitrogens is 1. The van der Waals surface area contributed by atoms with Crippen LogP contribution in [0.3, 0.4) is 0 Å². The zero-order valence-corrected chi connectivity index (χ0v) is 11.6. The molecule has 1 aliphatic rings. The number of carbonyl (C=O) groups excluding carboxylic acids is 1. The quantitative estimate of drug-likeness (QED) is 0.860. The summed E-state index contributed by atoms with van der Waals surface area (Å²) in [5, 5.41) is 15.6. The number of carboxylic acid groups (broad SMARTS) is 1. The Kier molecular flexibility index (Phi) is 4.76. The van der Waals surface area contributed by atoms with Gasteiger partial charge in [0.05, 0.1) is 5.92 Å². The minimum atomic E-state index is -0.740. The van der Waals surface area contributed by atoms with Gasteiger partial charge in [-0.3, -0.25) is 9.59 Å². The summed E-state index contributed by atoms with van der Waals surface area (Å²) in [4.78, 5) is 22.9. The Morgan fingerprint density at radius 3 is 2.70 bits per heavy atom. The van der Waals surface area contributed by atoms with Crippen molar-refractivity contribution >= 4 is 11.9 Å². The summed E-state index contributed by atoms with van der Waals surface area (Å²) < 4.78 is 5.08. The lowest BCUT2D eigenvalue weighted by molar-refractivity contribution is -0.142. The predicted molar refractivity (Wildman–Crippen MR) is 71.3 cm³/mol. The van der Waals surface area contributed by atoms with E-state index in [0.717, 1.165) is 12.8 Å². The van der Waals surface area contributed by atoms with E-state index in [1.54, 1.807) is 6.07 Å². The largest absolute Gasteiger partial charge is 0.481 e. The van der Waals surface area contributed by atoms with E-state index in [-0.39, 0.29) is 17.9 Å². The van der Waals surface area contributed by atoms with Gasteiger partial charge in [0.2, 0.25) is 0 Å². The molecule has 0 unspecified atom stereocenters. The monoisotopic (exact) mass is 280 g/mol. The maximum absolute atomic E-state index is 12.0. The summed E-state index contributed by atoms with van der Waals surface area (Å²) in [6.45, 7) is 2.03. The molecule has 1 amide bonds. The summed E-state index contributed by atoms with van der Waals surface area (Å²) in [6, 6.07) is 1.70. The Bertz CT molecular complexity index is 475. The van der Waals surface area contributed by atoms with E-state index >= 15 is 0 Å². The van der Waals surface area contributed by atoms with E-state index in [1.165, 1.54) is 0 Å². The Balaban J connectivity index is 1.84. The molecule has 1 aromatic heterocycles. The molecular weight excluding hydrogens is 260 g/mol. The van der Waals surface area contributed by atoms with Crippen LogP contribution in [0.25, 0.3) is 0 Å². The molecule has 0 spiro atoms. The third-order valence-corrected chi connectivity index (χ3v) is 3.70. The first kappa shape index (κ1) is 14.6. The first-order valence-electron chi connectivity index (χ1n) is 7.09. The molecule has 0 aromatic carbocycles. The van der Waals surface area contributed by atoms with Gasteiger partial charge in [0, 0.05) is 18.5 Å². The van der Waals surface area contributed by atoms with Crippen molar-refractivity contribution in [1.29, 1.82) is 0 Å². The summed E-state index contributed by atoms with van der Waals surface area (Å²) in [5.41, 5.74) is 0.300. The van der Waals surface area contributed by atoms with Crippen molar-refractivity contribution in [2.45, 2.75) is 51.5 Å². The van der Waals surface area contributed by atoms with Crippen molar-refractivity contribution < 1.29 is 19.2 Å². The van der Waals surface area contributed by atoms with E-state index < -0.39 is 5.97 Å². The molecule has 0 radical (unpaired) electrons. The van der Waals surface area contributed by atoms with Crippen molar-refractivity contribution in [3.8, 4) is 0 Å². The molecule has 2 N–H and O–H groups in total. The maximum atomic E-state index is 12.0. The molecule has 0 atom stereocenters. The second-order valence-electron chi connectivity index (χ2n) is 5.29. The second kappa shape index (κ2) is 6.54. The molecule has 1 aromatic rings. The zero-order valence-electron chi connectivity index (χ0n) is 11.6. The van der Waals surface area contributed by atoms with Crippen molar-refractivity contribution in [2.75, 3.05) is 0 Å². The second-order valence-corrected chi connectivity index (χ2v) is 5.29. The van der Waals surface area contributed by atoms with Gasteiger partial charge in [-0.2, -0.15) is 0 Å². The zero-order chi connectivity index (χ0) is 14.5. The van der Waals surface area contributed by atoms with E-state index in [1.807, 2.05) is 6.92 Å². The number of hydrogen-bond donors (Lipinski definition) is 2. The molecule has 1 saturated carbocycles. The van der Waals surface area contributed by atoms with E-state index in [0.29, 0.717) is 37.1 Å². The van der Waals surface area contributed by atoms with Gasteiger partial charge in [-0.15, -0.1) is 0 Å². The molecule has 20 heavy (non-hydrogen) atoms. The van der Waals surface area contributed by atoms with Gasteiger partial charge >= 0.3 is 5.97 Å². The van der Waals surface area contributed by atoms with Crippen molar-refractivity contribution in [2.24, 2.45) is 5.92 Å². The smallest absolute Gasteiger partial charge is 0.306 e.